The van der Waals surface area contributed by atoms with Crippen molar-refractivity contribution in [1.29, 1.82) is 0 Å². The molecule has 4 rings (SSSR count). The summed E-state index contributed by atoms with van der Waals surface area (Å²) in [6, 6.07) is 8.18. The molecule has 2 N–H and O–H groups in total. The minimum Gasteiger partial charge on any atom is -0.355 e. The van der Waals surface area contributed by atoms with Crippen molar-refractivity contribution in [3.05, 3.63) is 24.3 Å². The van der Waals surface area contributed by atoms with E-state index in [0.717, 1.165) is 29.4 Å². The lowest BCUT2D eigenvalue weighted by Gasteiger charge is -2.13. The van der Waals surface area contributed by atoms with Crippen molar-refractivity contribution in [2.75, 3.05) is 11.9 Å². The molecule has 0 amide bonds. The lowest BCUT2D eigenvalue weighted by molar-refractivity contribution is 0.466. The van der Waals surface area contributed by atoms with E-state index in [2.05, 4.69) is 21.4 Å². The van der Waals surface area contributed by atoms with Gasteiger partial charge in [0.15, 0.2) is 0 Å². The Labute approximate surface area is 101 Å². The number of aromatic nitrogens is 2. The van der Waals surface area contributed by atoms with E-state index in [0.29, 0.717) is 5.41 Å². The summed E-state index contributed by atoms with van der Waals surface area (Å²) in [5.41, 5.74) is 2.79. The first-order valence-electron chi connectivity index (χ1n) is 6.54. The van der Waals surface area contributed by atoms with Crippen molar-refractivity contribution in [3.8, 4) is 0 Å². The second kappa shape index (κ2) is 3.25. The van der Waals surface area contributed by atoms with Crippen LogP contribution in [-0.2, 0) is 0 Å². The number of rotatable bonds is 4. The predicted molar refractivity (Wildman–Crippen MR) is 69.0 cm³/mol. The van der Waals surface area contributed by atoms with Crippen LogP contribution in [0.3, 0.4) is 0 Å². The van der Waals surface area contributed by atoms with Gasteiger partial charge >= 0.3 is 0 Å². The molecular weight excluding hydrogens is 210 g/mol. The largest absolute Gasteiger partial charge is 0.355 e. The third kappa shape index (κ3) is 1.61. The number of hydrogen-bond acceptors (Lipinski definition) is 2. The summed E-state index contributed by atoms with van der Waals surface area (Å²) in [7, 11) is 0. The molecule has 2 aliphatic carbocycles. The molecular formula is C14H17N3. The van der Waals surface area contributed by atoms with Crippen LogP contribution in [0.4, 0.5) is 5.95 Å². The summed E-state index contributed by atoms with van der Waals surface area (Å²) < 4.78 is 0. The molecule has 2 aromatic rings. The Balaban J connectivity index is 1.51. The van der Waals surface area contributed by atoms with Crippen LogP contribution in [0, 0.1) is 11.3 Å². The van der Waals surface area contributed by atoms with Crippen molar-refractivity contribution in [2.45, 2.75) is 25.7 Å². The van der Waals surface area contributed by atoms with Crippen LogP contribution in [0.15, 0.2) is 24.3 Å². The van der Waals surface area contributed by atoms with Crippen LogP contribution < -0.4 is 5.32 Å². The summed E-state index contributed by atoms with van der Waals surface area (Å²) in [5, 5.41) is 3.49. The van der Waals surface area contributed by atoms with Crippen LogP contribution in [0.1, 0.15) is 25.7 Å². The molecule has 17 heavy (non-hydrogen) atoms. The Morgan fingerprint density at radius 2 is 2.12 bits per heavy atom. The molecule has 0 radical (unpaired) electrons. The summed E-state index contributed by atoms with van der Waals surface area (Å²) in [5.74, 6) is 1.93. The zero-order chi connectivity index (χ0) is 11.3. The van der Waals surface area contributed by atoms with Gasteiger partial charge < -0.3 is 10.3 Å². The number of imidazole rings is 1. The first kappa shape index (κ1) is 9.51. The average Bonchev–Trinajstić information content (AvgIpc) is 3.22. The SMILES string of the molecule is c1ccc2[nH]c(NCC3(C4CC4)CC3)nc2c1. The van der Waals surface area contributed by atoms with E-state index < -0.39 is 0 Å². The van der Waals surface area contributed by atoms with Gasteiger partial charge in [-0.3, -0.25) is 0 Å². The van der Waals surface area contributed by atoms with Gasteiger partial charge in [0.25, 0.3) is 0 Å². The zero-order valence-electron chi connectivity index (χ0n) is 9.87. The van der Waals surface area contributed by atoms with Gasteiger partial charge in [0.1, 0.15) is 0 Å². The number of fused-ring (bicyclic) bond motifs is 1. The molecule has 1 heterocycles. The van der Waals surface area contributed by atoms with Gasteiger partial charge in [-0.05, 0) is 49.1 Å². The monoisotopic (exact) mass is 227 g/mol. The second-order valence-corrected chi connectivity index (χ2v) is 5.59. The molecule has 2 aliphatic rings. The topological polar surface area (TPSA) is 40.7 Å². The molecule has 1 aromatic heterocycles. The lowest BCUT2D eigenvalue weighted by atomic mass is 10.0. The maximum absolute atomic E-state index is 4.56. The summed E-state index contributed by atoms with van der Waals surface area (Å²) >= 11 is 0. The van der Waals surface area contributed by atoms with E-state index >= 15 is 0 Å². The van der Waals surface area contributed by atoms with Gasteiger partial charge in [-0.25, -0.2) is 4.98 Å². The summed E-state index contributed by atoms with van der Waals surface area (Å²) in [6.45, 7) is 1.09. The van der Waals surface area contributed by atoms with Gasteiger partial charge in [-0.2, -0.15) is 0 Å². The first-order valence-corrected chi connectivity index (χ1v) is 6.54. The maximum Gasteiger partial charge on any atom is 0.201 e. The molecule has 0 aliphatic heterocycles. The van der Waals surface area contributed by atoms with Crippen molar-refractivity contribution >= 4 is 17.0 Å². The normalized spacial score (nSPS) is 21.6. The van der Waals surface area contributed by atoms with Crippen LogP contribution in [0.2, 0.25) is 0 Å². The Kier molecular flexibility index (Phi) is 1.82. The number of para-hydroxylation sites is 2. The number of H-pyrrole nitrogens is 1. The number of anilines is 1. The van der Waals surface area contributed by atoms with Gasteiger partial charge in [0, 0.05) is 6.54 Å². The average molecular weight is 227 g/mol. The number of aromatic amines is 1. The summed E-state index contributed by atoms with van der Waals surface area (Å²) in [4.78, 5) is 7.89. The Morgan fingerprint density at radius 1 is 1.29 bits per heavy atom. The van der Waals surface area contributed by atoms with Gasteiger partial charge in [-0.15, -0.1) is 0 Å². The van der Waals surface area contributed by atoms with E-state index in [1.165, 1.54) is 25.7 Å². The molecule has 3 nitrogen and oxygen atoms in total. The smallest absolute Gasteiger partial charge is 0.201 e. The van der Waals surface area contributed by atoms with Crippen LogP contribution in [-0.4, -0.2) is 16.5 Å². The molecule has 0 spiro atoms. The van der Waals surface area contributed by atoms with E-state index in [9.17, 15) is 0 Å². The molecule has 3 heteroatoms. The van der Waals surface area contributed by atoms with Gasteiger partial charge in [0.2, 0.25) is 5.95 Å². The fraction of sp³-hybridized carbons (Fsp3) is 0.500. The van der Waals surface area contributed by atoms with Crippen molar-refractivity contribution in [1.82, 2.24) is 9.97 Å². The molecule has 2 saturated carbocycles. The predicted octanol–water partition coefficient (Wildman–Crippen LogP) is 3.17. The van der Waals surface area contributed by atoms with E-state index in [1.807, 2.05) is 18.2 Å². The second-order valence-electron chi connectivity index (χ2n) is 5.59. The molecule has 0 unspecified atom stereocenters. The quantitative estimate of drug-likeness (QED) is 0.842. The Morgan fingerprint density at radius 3 is 2.82 bits per heavy atom. The minimum atomic E-state index is 0.624. The van der Waals surface area contributed by atoms with E-state index in [4.69, 9.17) is 0 Å². The molecule has 0 saturated heterocycles. The standard InChI is InChI=1S/C14H17N3/c1-2-4-12-11(3-1)16-13(17-12)15-9-14(7-8-14)10-5-6-10/h1-4,10H,5-9H2,(H2,15,16,17). The molecule has 0 bridgehead atoms. The molecule has 2 fully saturated rings. The van der Waals surface area contributed by atoms with Crippen molar-refractivity contribution in [2.24, 2.45) is 11.3 Å². The third-order valence-electron chi connectivity index (χ3n) is 4.33. The van der Waals surface area contributed by atoms with E-state index in [1.54, 1.807) is 0 Å². The molecule has 1 aromatic carbocycles. The van der Waals surface area contributed by atoms with Crippen LogP contribution in [0.5, 0.6) is 0 Å². The van der Waals surface area contributed by atoms with Crippen molar-refractivity contribution < 1.29 is 0 Å². The van der Waals surface area contributed by atoms with E-state index in [-0.39, 0.29) is 0 Å². The molecule has 88 valence electrons. The highest BCUT2D eigenvalue weighted by Gasteiger charge is 2.53. The fourth-order valence-corrected chi connectivity index (χ4v) is 2.88. The van der Waals surface area contributed by atoms with Gasteiger partial charge in [0.05, 0.1) is 11.0 Å². The Bertz CT molecular complexity index is 516. The zero-order valence-corrected chi connectivity index (χ0v) is 9.87. The first-order chi connectivity index (χ1) is 8.36. The van der Waals surface area contributed by atoms with Crippen molar-refractivity contribution in [3.63, 3.8) is 0 Å². The number of nitrogens with one attached hydrogen (secondary N) is 2. The molecule has 0 atom stereocenters. The van der Waals surface area contributed by atoms with Crippen LogP contribution >= 0.6 is 0 Å². The number of hydrogen-bond donors (Lipinski definition) is 2. The number of benzene rings is 1. The highest BCUT2D eigenvalue weighted by molar-refractivity contribution is 5.77. The highest BCUT2D eigenvalue weighted by Crippen LogP contribution is 2.61. The minimum absolute atomic E-state index is 0.624. The Hall–Kier alpha value is -1.51. The lowest BCUT2D eigenvalue weighted by Crippen LogP contribution is -2.17. The van der Waals surface area contributed by atoms with Crippen LogP contribution in [0.25, 0.3) is 11.0 Å². The fourth-order valence-electron chi connectivity index (χ4n) is 2.88. The highest BCUT2D eigenvalue weighted by atomic mass is 15.1. The third-order valence-corrected chi connectivity index (χ3v) is 4.33. The number of nitrogens with zero attached hydrogens (tertiary/aromatic N) is 1. The van der Waals surface area contributed by atoms with Gasteiger partial charge in [-0.1, -0.05) is 12.1 Å². The summed E-state index contributed by atoms with van der Waals surface area (Å²) in [6.07, 6.45) is 5.71. The maximum atomic E-state index is 4.56.